The van der Waals surface area contributed by atoms with Gasteiger partial charge in [0, 0.05) is 5.75 Å². The molecule has 10 heteroatoms. The van der Waals surface area contributed by atoms with Crippen LogP contribution in [0.2, 0.25) is 5.02 Å². The average molecular weight is 390 g/mol. The molecule has 2 rings (SSSR count). The smallest absolute Gasteiger partial charge is 0.423 e. The van der Waals surface area contributed by atoms with Crippen molar-refractivity contribution >= 4 is 23.4 Å². The molecule has 0 radical (unpaired) electrons. The third kappa shape index (κ3) is 6.42. The van der Waals surface area contributed by atoms with E-state index in [0.717, 1.165) is 0 Å². The first kappa shape index (κ1) is 19.3. The predicted molar refractivity (Wildman–Crippen MR) is 85.6 cm³/mol. The van der Waals surface area contributed by atoms with Gasteiger partial charge >= 0.3 is 12.4 Å². The van der Waals surface area contributed by atoms with Crippen LogP contribution < -0.4 is 4.74 Å². The van der Waals surface area contributed by atoms with Crippen molar-refractivity contribution in [3.05, 3.63) is 41.2 Å². The molecule has 132 valence electrons. The second kappa shape index (κ2) is 8.89. The highest BCUT2D eigenvalue weighted by Crippen LogP contribution is 2.35. The highest BCUT2D eigenvalue weighted by molar-refractivity contribution is 7.99. The average Bonchev–Trinajstić information content (AvgIpc) is 2.56. The van der Waals surface area contributed by atoms with E-state index in [-0.39, 0.29) is 12.4 Å². The Labute approximate surface area is 150 Å². The van der Waals surface area contributed by atoms with Gasteiger partial charge in [-0.2, -0.15) is 5.26 Å². The maximum atomic E-state index is 11.9. The van der Waals surface area contributed by atoms with E-state index in [4.69, 9.17) is 16.3 Å². The van der Waals surface area contributed by atoms with E-state index in [9.17, 15) is 18.4 Å². The van der Waals surface area contributed by atoms with Gasteiger partial charge in [0.05, 0.1) is 34.5 Å². The van der Waals surface area contributed by atoms with E-state index in [2.05, 4.69) is 14.7 Å². The van der Waals surface area contributed by atoms with E-state index in [1.165, 1.54) is 24.2 Å². The van der Waals surface area contributed by atoms with Crippen LogP contribution in [0.1, 0.15) is 12.0 Å². The van der Waals surface area contributed by atoms with Gasteiger partial charge in [0.1, 0.15) is 11.8 Å². The van der Waals surface area contributed by atoms with E-state index in [1.54, 1.807) is 18.2 Å². The summed E-state index contributed by atoms with van der Waals surface area (Å²) in [6.07, 6.45) is -1.77. The number of nitrogens with zero attached hydrogens (tertiary/aromatic N) is 3. The number of hydrogen-bond acceptors (Lipinski definition) is 6. The third-order valence-corrected chi connectivity index (χ3v) is 4.10. The van der Waals surface area contributed by atoms with Crippen molar-refractivity contribution in [3.8, 4) is 17.8 Å². The van der Waals surface area contributed by atoms with Crippen molar-refractivity contribution in [1.29, 1.82) is 5.26 Å². The molecule has 25 heavy (non-hydrogen) atoms. The number of rotatable bonds is 7. The second-order valence-corrected chi connectivity index (χ2v) is 6.07. The Morgan fingerprint density at radius 1 is 1.24 bits per heavy atom. The minimum atomic E-state index is -4.64. The summed E-state index contributed by atoms with van der Waals surface area (Å²) in [6, 6.07) is 6.90. The molecule has 0 unspecified atom stereocenters. The lowest BCUT2D eigenvalue weighted by molar-refractivity contribution is -0.324. The van der Waals surface area contributed by atoms with Crippen LogP contribution in [0.3, 0.4) is 0 Å². The number of alkyl halides is 3. The Morgan fingerprint density at radius 3 is 2.60 bits per heavy atom. The van der Waals surface area contributed by atoms with Gasteiger partial charge in [-0.3, -0.25) is 4.74 Å². The van der Waals surface area contributed by atoms with Crippen LogP contribution in [0, 0.1) is 11.3 Å². The van der Waals surface area contributed by atoms with Crippen molar-refractivity contribution < 1.29 is 22.6 Å². The lowest BCUT2D eigenvalue weighted by Crippen LogP contribution is -2.14. The molecule has 0 amide bonds. The summed E-state index contributed by atoms with van der Waals surface area (Å²) in [5, 5.41) is 9.56. The summed E-state index contributed by atoms with van der Waals surface area (Å²) in [5.41, 5.74) is 0.341. The van der Waals surface area contributed by atoms with Gasteiger partial charge in [0.2, 0.25) is 0 Å². The topological polar surface area (TPSA) is 68.0 Å². The number of thioether (sulfide) groups is 1. The van der Waals surface area contributed by atoms with Gasteiger partial charge in [-0.25, -0.2) is 9.97 Å². The first-order valence-electron chi connectivity index (χ1n) is 6.91. The predicted octanol–water partition coefficient (Wildman–Crippen LogP) is 4.81. The van der Waals surface area contributed by atoms with Gasteiger partial charge in [-0.05, 0) is 18.6 Å². The number of benzene rings is 1. The fourth-order valence-electron chi connectivity index (χ4n) is 1.71. The van der Waals surface area contributed by atoms with Crippen molar-refractivity contribution in [2.75, 3.05) is 12.4 Å². The molecule has 0 N–H and O–H groups in total. The summed E-state index contributed by atoms with van der Waals surface area (Å²) in [4.78, 5) is 8.30. The molecule has 1 aromatic heterocycles. The van der Waals surface area contributed by atoms with Crippen LogP contribution in [-0.2, 0) is 4.74 Å². The van der Waals surface area contributed by atoms with Crippen molar-refractivity contribution in [1.82, 2.24) is 9.97 Å². The Hall–Kier alpha value is -2.02. The van der Waals surface area contributed by atoms with Crippen LogP contribution >= 0.6 is 23.4 Å². The molecular weight excluding hydrogens is 379 g/mol. The third-order valence-electron chi connectivity index (χ3n) is 2.70. The summed E-state index contributed by atoms with van der Waals surface area (Å²) < 4.78 is 45.1. The fourth-order valence-corrected chi connectivity index (χ4v) is 2.79. The van der Waals surface area contributed by atoms with Crippen LogP contribution in [-0.4, -0.2) is 28.7 Å². The van der Waals surface area contributed by atoms with Crippen molar-refractivity contribution in [2.24, 2.45) is 0 Å². The summed E-state index contributed by atoms with van der Waals surface area (Å²) >= 11 is 6.90. The number of halogens is 4. The fraction of sp³-hybridized carbons (Fsp3) is 0.267. The second-order valence-electron chi connectivity index (χ2n) is 4.53. The van der Waals surface area contributed by atoms with Crippen LogP contribution in [0.5, 0.6) is 11.8 Å². The van der Waals surface area contributed by atoms with E-state index in [0.29, 0.717) is 27.0 Å². The van der Waals surface area contributed by atoms with E-state index in [1.807, 2.05) is 6.07 Å². The highest BCUT2D eigenvalue weighted by atomic mass is 35.5. The quantitative estimate of drug-likeness (QED) is 0.500. The number of nitriles is 1. The Morgan fingerprint density at radius 2 is 1.96 bits per heavy atom. The molecule has 2 aromatic rings. The molecule has 0 atom stereocenters. The largest absolute Gasteiger partial charge is 0.522 e. The zero-order valence-corrected chi connectivity index (χ0v) is 14.2. The lowest BCUT2D eigenvalue weighted by atomic mass is 10.2. The Kier molecular flexibility index (Phi) is 6.87. The van der Waals surface area contributed by atoms with Gasteiger partial charge in [0.15, 0.2) is 0 Å². The molecule has 1 heterocycles. The number of ether oxygens (including phenoxy) is 2. The van der Waals surface area contributed by atoms with Crippen molar-refractivity contribution in [3.63, 3.8) is 0 Å². The molecular formula is C15H11ClF3N3O2S. The summed E-state index contributed by atoms with van der Waals surface area (Å²) in [6.45, 7) is -0.457. The molecule has 0 bridgehead atoms. The molecule has 0 aliphatic rings. The molecule has 0 saturated carbocycles. The van der Waals surface area contributed by atoms with Crippen LogP contribution in [0.4, 0.5) is 13.2 Å². The molecule has 1 aromatic carbocycles. The van der Waals surface area contributed by atoms with Gasteiger partial charge in [0.25, 0.3) is 0 Å². The SMILES string of the molecule is N#Cc1cccc(Oc2ncc(Cl)cn2)c1SCCCOC(F)(F)F. The van der Waals surface area contributed by atoms with E-state index >= 15 is 0 Å². The molecule has 0 aliphatic heterocycles. The van der Waals surface area contributed by atoms with Gasteiger partial charge < -0.3 is 4.74 Å². The zero-order chi connectivity index (χ0) is 18.3. The standard InChI is InChI=1S/C15H11ClF3N3O2S/c16-11-8-21-14(22-9-11)24-12-4-1-3-10(7-20)13(12)25-6-2-5-23-15(17,18)19/h1,3-4,8-9H,2,5-6H2. The zero-order valence-electron chi connectivity index (χ0n) is 12.6. The number of hydrogen-bond donors (Lipinski definition) is 0. The normalized spacial score (nSPS) is 11.2. The Balaban J connectivity index is 2.05. The summed E-state index contributed by atoms with van der Waals surface area (Å²) in [5.74, 6) is 0.648. The molecule has 0 spiro atoms. The first-order chi connectivity index (χ1) is 11.9. The highest BCUT2D eigenvalue weighted by Gasteiger charge is 2.28. The van der Waals surface area contributed by atoms with E-state index < -0.39 is 13.0 Å². The molecule has 0 fully saturated rings. The van der Waals surface area contributed by atoms with Gasteiger partial charge in [-0.15, -0.1) is 24.9 Å². The van der Waals surface area contributed by atoms with Crippen LogP contribution in [0.15, 0.2) is 35.5 Å². The monoisotopic (exact) mass is 389 g/mol. The maximum Gasteiger partial charge on any atom is 0.522 e. The minimum absolute atomic E-state index is 0.0433. The van der Waals surface area contributed by atoms with Crippen molar-refractivity contribution in [2.45, 2.75) is 17.7 Å². The van der Waals surface area contributed by atoms with Crippen LogP contribution in [0.25, 0.3) is 0 Å². The van der Waals surface area contributed by atoms with Gasteiger partial charge in [-0.1, -0.05) is 17.7 Å². The summed E-state index contributed by atoms with van der Waals surface area (Å²) in [7, 11) is 0. The number of aromatic nitrogens is 2. The maximum absolute atomic E-state index is 11.9. The Bertz CT molecular complexity index is 751. The lowest BCUT2D eigenvalue weighted by Gasteiger charge is -2.11. The molecule has 0 saturated heterocycles. The first-order valence-corrected chi connectivity index (χ1v) is 8.27. The molecule has 0 aliphatic carbocycles. The molecule has 5 nitrogen and oxygen atoms in total. The minimum Gasteiger partial charge on any atom is -0.423 e.